The lowest BCUT2D eigenvalue weighted by Crippen LogP contribution is -3.15. The highest BCUT2D eigenvalue weighted by atomic mass is 16.5. The average molecular weight is 362 g/mol. The molecule has 1 saturated heterocycles. The van der Waals surface area contributed by atoms with Crippen LogP contribution in [0.4, 0.5) is 0 Å². The topological polar surface area (TPSA) is 50.8 Å². The van der Waals surface area contributed by atoms with Gasteiger partial charge in [0.05, 0.1) is 31.9 Å². The third-order valence-electron chi connectivity index (χ3n) is 5.21. The Kier molecular flexibility index (Phi) is 5.03. The van der Waals surface area contributed by atoms with E-state index in [9.17, 15) is 4.79 Å². The number of rotatable bonds is 4. The predicted octanol–water partition coefficient (Wildman–Crippen LogP) is 2.11. The van der Waals surface area contributed by atoms with Gasteiger partial charge in [-0.25, -0.2) is 0 Å². The molecular formula is C22H24N3O2+. The van der Waals surface area contributed by atoms with Crippen molar-refractivity contribution in [2.24, 2.45) is 0 Å². The lowest BCUT2D eigenvalue weighted by molar-refractivity contribution is -0.929. The van der Waals surface area contributed by atoms with Crippen molar-refractivity contribution in [3.8, 4) is 0 Å². The number of carbonyl (C=O) groups excluding carboxylic acids is 1. The molecule has 0 spiro atoms. The third-order valence-corrected chi connectivity index (χ3v) is 5.21. The number of nitrogens with zero attached hydrogens (tertiary/aromatic N) is 2. The summed E-state index contributed by atoms with van der Waals surface area (Å²) in [6.07, 6.45) is 0. The van der Waals surface area contributed by atoms with E-state index in [1.165, 1.54) is 16.0 Å². The second-order valence-corrected chi connectivity index (χ2v) is 7.04. The van der Waals surface area contributed by atoms with Crippen molar-refractivity contribution in [2.75, 3.05) is 26.2 Å². The number of aromatic nitrogens is 1. The summed E-state index contributed by atoms with van der Waals surface area (Å²) >= 11 is 0. The van der Waals surface area contributed by atoms with Gasteiger partial charge >= 0.3 is 0 Å². The average Bonchev–Trinajstić information content (AvgIpc) is 3.16. The minimum absolute atomic E-state index is 0.0642. The van der Waals surface area contributed by atoms with Crippen molar-refractivity contribution < 1.29 is 14.2 Å². The summed E-state index contributed by atoms with van der Waals surface area (Å²) in [6.45, 7) is 5.04. The molecule has 2 heterocycles. The molecule has 1 amide bonds. The van der Waals surface area contributed by atoms with E-state index in [1.54, 1.807) is 6.07 Å². The number of hydrogen-bond acceptors (Lipinski definition) is 3. The molecule has 0 atom stereocenters. The van der Waals surface area contributed by atoms with Crippen molar-refractivity contribution in [3.05, 3.63) is 89.3 Å². The van der Waals surface area contributed by atoms with E-state index in [0.29, 0.717) is 18.8 Å². The number of aryl methyl sites for hydroxylation is 1. The Balaban J connectivity index is 1.51. The van der Waals surface area contributed by atoms with Crippen LogP contribution in [0.1, 0.15) is 33.4 Å². The van der Waals surface area contributed by atoms with Gasteiger partial charge in [0.1, 0.15) is 6.04 Å². The van der Waals surface area contributed by atoms with Gasteiger partial charge in [-0.15, -0.1) is 0 Å². The lowest BCUT2D eigenvalue weighted by atomic mass is 9.96. The monoisotopic (exact) mass is 362 g/mol. The number of piperazine rings is 1. The van der Waals surface area contributed by atoms with Gasteiger partial charge in [0.15, 0.2) is 0 Å². The summed E-state index contributed by atoms with van der Waals surface area (Å²) in [7, 11) is 0. The van der Waals surface area contributed by atoms with Crippen LogP contribution in [0, 0.1) is 6.92 Å². The van der Waals surface area contributed by atoms with Crippen molar-refractivity contribution in [1.29, 1.82) is 0 Å². The van der Waals surface area contributed by atoms with E-state index in [0.717, 1.165) is 18.8 Å². The third kappa shape index (κ3) is 3.78. The Hall–Kier alpha value is -2.92. The normalized spacial score (nSPS) is 15.3. The fourth-order valence-electron chi connectivity index (χ4n) is 3.86. The molecule has 0 radical (unpaired) electrons. The fraction of sp³-hybridized carbons (Fsp3) is 0.273. The zero-order chi connectivity index (χ0) is 18.6. The van der Waals surface area contributed by atoms with Crippen LogP contribution in [0.25, 0.3) is 0 Å². The number of hydrogen-bond donors (Lipinski definition) is 1. The quantitative estimate of drug-likeness (QED) is 0.773. The zero-order valence-corrected chi connectivity index (χ0v) is 15.5. The predicted molar refractivity (Wildman–Crippen MR) is 103 cm³/mol. The highest BCUT2D eigenvalue weighted by Crippen LogP contribution is 2.19. The summed E-state index contributed by atoms with van der Waals surface area (Å²) in [5, 5.41) is 3.83. The van der Waals surface area contributed by atoms with E-state index in [1.807, 2.05) is 11.8 Å². The van der Waals surface area contributed by atoms with Crippen LogP contribution in [0.2, 0.25) is 0 Å². The maximum Gasteiger partial charge on any atom is 0.292 e. The molecule has 4 rings (SSSR count). The van der Waals surface area contributed by atoms with E-state index in [-0.39, 0.29) is 11.9 Å². The molecule has 0 aliphatic carbocycles. The van der Waals surface area contributed by atoms with Crippen molar-refractivity contribution >= 4 is 5.91 Å². The van der Waals surface area contributed by atoms with Crippen LogP contribution in [0.3, 0.4) is 0 Å². The maximum atomic E-state index is 12.6. The molecule has 1 aliphatic heterocycles. The smallest absolute Gasteiger partial charge is 0.292 e. The first-order valence-electron chi connectivity index (χ1n) is 9.39. The first-order chi connectivity index (χ1) is 13.2. The molecule has 0 bridgehead atoms. The van der Waals surface area contributed by atoms with Crippen LogP contribution in [0.15, 0.2) is 71.3 Å². The molecule has 1 fully saturated rings. The number of quaternary nitrogens is 1. The molecule has 1 aliphatic rings. The summed E-state index contributed by atoms with van der Waals surface area (Å²) in [4.78, 5) is 16.0. The number of carbonyl (C=O) groups is 1. The summed E-state index contributed by atoms with van der Waals surface area (Å²) in [5.41, 5.74) is 3.35. The molecule has 1 N–H and O–H groups in total. The van der Waals surface area contributed by atoms with Crippen LogP contribution in [-0.2, 0) is 0 Å². The van der Waals surface area contributed by atoms with Gasteiger partial charge in [-0.1, -0.05) is 65.8 Å². The van der Waals surface area contributed by atoms with E-state index in [2.05, 4.69) is 65.8 Å². The highest BCUT2D eigenvalue weighted by molar-refractivity contribution is 5.91. The van der Waals surface area contributed by atoms with Gasteiger partial charge in [0.25, 0.3) is 5.91 Å². The molecule has 27 heavy (non-hydrogen) atoms. The first kappa shape index (κ1) is 17.5. The van der Waals surface area contributed by atoms with Gasteiger partial charge in [-0.2, -0.15) is 0 Å². The molecule has 2 aromatic carbocycles. The molecule has 138 valence electrons. The Morgan fingerprint density at radius 2 is 1.56 bits per heavy atom. The van der Waals surface area contributed by atoms with E-state index >= 15 is 0 Å². The van der Waals surface area contributed by atoms with Gasteiger partial charge < -0.3 is 14.3 Å². The Labute approximate surface area is 159 Å². The summed E-state index contributed by atoms with van der Waals surface area (Å²) in [6, 6.07) is 23.2. The standard InChI is InChI=1S/C22H23N3O2/c1-17-16-20(27-23-17)22(26)25-14-12-24(13-15-25)21(18-8-4-2-5-9-18)19-10-6-3-7-11-19/h2-11,16,21H,12-15H2,1H3/p+1. The van der Waals surface area contributed by atoms with Crippen LogP contribution < -0.4 is 4.90 Å². The minimum atomic E-state index is -0.0642. The van der Waals surface area contributed by atoms with Crippen LogP contribution >= 0.6 is 0 Å². The van der Waals surface area contributed by atoms with E-state index in [4.69, 9.17) is 4.52 Å². The van der Waals surface area contributed by atoms with Gasteiger partial charge in [-0.3, -0.25) is 4.79 Å². The van der Waals surface area contributed by atoms with E-state index < -0.39 is 0 Å². The summed E-state index contributed by atoms with van der Waals surface area (Å²) in [5.74, 6) is 0.268. The van der Waals surface area contributed by atoms with Crippen LogP contribution in [0.5, 0.6) is 0 Å². The molecule has 3 aromatic rings. The number of amides is 1. The van der Waals surface area contributed by atoms with Gasteiger partial charge in [0, 0.05) is 17.2 Å². The molecule has 5 heteroatoms. The largest absolute Gasteiger partial charge is 0.351 e. The zero-order valence-electron chi connectivity index (χ0n) is 15.5. The molecular weight excluding hydrogens is 338 g/mol. The Morgan fingerprint density at radius 1 is 1.00 bits per heavy atom. The molecule has 5 nitrogen and oxygen atoms in total. The molecule has 0 unspecified atom stereocenters. The second-order valence-electron chi connectivity index (χ2n) is 7.04. The van der Waals surface area contributed by atoms with Crippen LogP contribution in [-0.4, -0.2) is 42.1 Å². The second kappa shape index (κ2) is 7.76. The lowest BCUT2D eigenvalue weighted by Gasteiger charge is -2.36. The SMILES string of the molecule is Cc1cc(C(=O)N2CC[NH+](C(c3ccccc3)c3ccccc3)CC2)on1. The molecule has 0 saturated carbocycles. The maximum absolute atomic E-state index is 12.6. The number of benzene rings is 2. The highest BCUT2D eigenvalue weighted by Gasteiger charge is 2.32. The van der Waals surface area contributed by atoms with Crippen molar-refractivity contribution in [2.45, 2.75) is 13.0 Å². The summed E-state index contributed by atoms with van der Waals surface area (Å²) < 4.78 is 5.14. The van der Waals surface area contributed by atoms with Gasteiger partial charge in [-0.05, 0) is 6.92 Å². The Bertz CT molecular complexity index is 845. The fourth-order valence-corrected chi connectivity index (χ4v) is 3.86. The van der Waals surface area contributed by atoms with Crippen molar-refractivity contribution in [1.82, 2.24) is 10.1 Å². The first-order valence-corrected chi connectivity index (χ1v) is 9.39. The Morgan fingerprint density at radius 3 is 2.04 bits per heavy atom. The molecule has 1 aromatic heterocycles. The number of nitrogens with one attached hydrogen (secondary N) is 1. The minimum Gasteiger partial charge on any atom is -0.351 e. The van der Waals surface area contributed by atoms with Gasteiger partial charge in [0.2, 0.25) is 5.76 Å². The van der Waals surface area contributed by atoms with Crippen molar-refractivity contribution in [3.63, 3.8) is 0 Å².